The van der Waals surface area contributed by atoms with Crippen LogP contribution >= 0.6 is 15.9 Å². The Bertz CT molecular complexity index is 539. The van der Waals surface area contributed by atoms with Crippen molar-refractivity contribution < 1.29 is 18.3 Å². The molecule has 0 bridgehead atoms. The number of halogens is 1. The van der Waals surface area contributed by atoms with Gasteiger partial charge in [-0.3, -0.25) is 4.79 Å². The first-order valence-electron chi connectivity index (χ1n) is 6.01. The topological polar surface area (TPSA) is 71.4 Å². The molecule has 0 amide bonds. The second kappa shape index (κ2) is 7.05. The van der Waals surface area contributed by atoms with Gasteiger partial charge in [-0.15, -0.1) is 0 Å². The van der Waals surface area contributed by atoms with Crippen molar-refractivity contribution in [3.05, 3.63) is 34.3 Å². The minimum atomic E-state index is -3.12. The van der Waals surface area contributed by atoms with E-state index in [2.05, 4.69) is 15.9 Å². The Labute approximate surface area is 121 Å². The molecule has 0 aromatic heterocycles. The van der Waals surface area contributed by atoms with Gasteiger partial charge in [0, 0.05) is 10.2 Å². The Hall–Kier alpha value is -0.880. The van der Waals surface area contributed by atoms with E-state index in [-0.39, 0.29) is 17.9 Å². The van der Waals surface area contributed by atoms with Gasteiger partial charge >= 0.3 is 5.97 Å². The molecular weight excluding hydrogens is 332 g/mol. The van der Waals surface area contributed by atoms with Gasteiger partial charge < -0.3 is 5.11 Å². The van der Waals surface area contributed by atoms with Crippen LogP contribution in [0.2, 0.25) is 0 Å². The Morgan fingerprint density at radius 3 is 2.63 bits per heavy atom. The lowest BCUT2D eigenvalue weighted by molar-refractivity contribution is -0.141. The zero-order valence-corrected chi connectivity index (χ0v) is 13.1. The van der Waals surface area contributed by atoms with Crippen molar-refractivity contribution in [3.63, 3.8) is 0 Å². The first-order chi connectivity index (χ1) is 8.84. The third-order valence-corrected chi connectivity index (χ3v) is 5.17. The summed E-state index contributed by atoms with van der Waals surface area (Å²) in [6.45, 7) is 1.57. The van der Waals surface area contributed by atoms with Crippen LogP contribution < -0.4 is 0 Å². The molecule has 0 saturated carbocycles. The molecule has 0 fully saturated rings. The number of aliphatic carboxylic acids is 1. The van der Waals surface area contributed by atoms with Crippen molar-refractivity contribution in [2.45, 2.75) is 19.8 Å². The first-order valence-corrected chi connectivity index (χ1v) is 8.63. The summed E-state index contributed by atoms with van der Waals surface area (Å²) in [5.74, 6) is -1.65. The van der Waals surface area contributed by atoms with E-state index in [9.17, 15) is 13.2 Å². The van der Waals surface area contributed by atoms with Gasteiger partial charge in [0.15, 0.2) is 0 Å². The number of carboxylic acids is 1. The molecule has 0 saturated heterocycles. The normalized spacial score (nSPS) is 13.2. The standard InChI is InChI=1S/C13H17BrO4S/c1-2-19(17,18)7-6-11(13(15)16)8-10-4-3-5-12(14)9-10/h3-5,9,11H,2,6-8H2,1H3,(H,15,16). The van der Waals surface area contributed by atoms with Crippen LogP contribution in [0.1, 0.15) is 18.9 Å². The molecule has 1 aromatic rings. The van der Waals surface area contributed by atoms with Crippen molar-refractivity contribution in [1.82, 2.24) is 0 Å². The van der Waals surface area contributed by atoms with Crippen molar-refractivity contribution >= 4 is 31.7 Å². The van der Waals surface area contributed by atoms with Gasteiger partial charge in [0.2, 0.25) is 0 Å². The molecule has 0 radical (unpaired) electrons. The van der Waals surface area contributed by atoms with Crippen LogP contribution in [0.25, 0.3) is 0 Å². The summed E-state index contributed by atoms with van der Waals surface area (Å²) < 4.78 is 23.7. The maximum absolute atomic E-state index is 11.4. The molecule has 4 nitrogen and oxygen atoms in total. The van der Waals surface area contributed by atoms with Gasteiger partial charge in [0.05, 0.1) is 11.7 Å². The van der Waals surface area contributed by atoms with E-state index in [0.717, 1.165) is 10.0 Å². The molecule has 0 aliphatic rings. The van der Waals surface area contributed by atoms with E-state index in [4.69, 9.17) is 5.11 Å². The lowest BCUT2D eigenvalue weighted by atomic mass is 9.97. The van der Waals surface area contributed by atoms with E-state index in [0.29, 0.717) is 6.42 Å². The molecule has 6 heteroatoms. The Kier molecular flexibility index (Phi) is 6.00. The van der Waals surface area contributed by atoms with E-state index < -0.39 is 21.7 Å². The van der Waals surface area contributed by atoms with Crippen molar-refractivity contribution in [2.75, 3.05) is 11.5 Å². The molecular formula is C13H17BrO4S. The van der Waals surface area contributed by atoms with E-state index in [1.54, 1.807) is 6.92 Å². The Morgan fingerprint density at radius 1 is 1.42 bits per heavy atom. The molecule has 0 aliphatic carbocycles. The van der Waals surface area contributed by atoms with Gasteiger partial charge in [-0.1, -0.05) is 35.0 Å². The van der Waals surface area contributed by atoms with Crippen LogP contribution in [0.3, 0.4) is 0 Å². The number of hydrogen-bond donors (Lipinski definition) is 1. The first kappa shape index (κ1) is 16.2. The molecule has 1 rings (SSSR count). The minimum absolute atomic E-state index is 0.0518. The summed E-state index contributed by atoms with van der Waals surface area (Å²) in [7, 11) is -3.12. The summed E-state index contributed by atoms with van der Waals surface area (Å²) in [5.41, 5.74) is 0.885. The lowest BCUT2D eigenvalue weighted by Crippen LogP contribution is -2.21. The predicted molar refractivity (Wildman–Crippen MR) is 77.9 cm³/mol. The van der Waals surface area contributed by atoms with Crippen LogP contribution in [0.4, 0.5) is 0 Å². The number of benzene rings is 1. The van der Waals surface area contributed by atoms with E-state index in [1.165, 1.54) is 0 Å². The molecule has 1 atom stereocenters. The summed E-state index contributed by atoms with van der Waals surface area (Å²) in [5, 5.41) is 9.17. The molecule has 1 unspecified atom stereocenters. The average molecular weight is 349 g/mol. The minimum Gasteiger partial charge on any atom is -0.481 e. The fourth-order valence-corrected chi connectivity index (χ4v) is 3.11. The second-order valence-corrected chi connectivity index (χ2v) is 7.78. The quantitative estimate of drug-likeness (QED) is 0.821. The maximum atomic E-state index is 11.4. The molecule has 106 valence electrons. The van der Waals surface area contributed by atoms with Crippen LogP contribution in [0.5, 0.6) is 0 Å². The van der Waals surface area contributed by atoms with Crippen LogP contribution in [-0.4, -0.2) is 31.0 Å². The molecule has 1 N–H and O–H groups in total. The van der Waals surface area contributed by atoms with Gasteiger partial charge in [0.1, 0.15) is 9.84 Å². The zero-order chi connectivity index (χ0) is 14.5. The summed E-state index contributed by atoms with van der Waals surface area (Å²) in [4.78, 5) is 11.2. The van der Waals surface area contributed by atoms with Crippen molar-refractivity contribution in [2.24, 2.45) is 5.92 Å². The highest BCUT2D eigenvalue weighted by Crippen LogP contribution is 2.18. The van der Waals surface area contributed by atoms with E-state index in [1.807, 2.05) is 24.3 Å². The van der Waals surface area contributed by atoms with Gasteiger partial charge in [-0.05, 0) is 30.5 Å². The summed E-state index contributed by atoms with van der Waals surface area (Å²) in [6.07, 6.45) is 0.492. The van der Waals surface area contributed by atoms with Gasteiger partial charge in [0.25, 0.3) is 0 Å². The number of carboxylic acid groups (broad SMARTS) is 1. The van der Waals surface area contributed by atoms with Gasteiger partial charge in [-0.2, -0.15) is 0 Å². The van der Waals surface area contributed by atoms with Crippen molar-refractivity contribution in [1.29, 1.82) is 0 Å². The Balaban J connectivity index is 2.71. The number of sulfone groups is 1. The van der Waals surface area contributed by atoms with Gasteiger partial charge in [-0.25, -0.2) is 8.42 Å². The summed E-state index contributed by atoms with van der Waals surface area (Å²) >= 11 is 3.33. The highest BCUT2D eigenvalue weighted by Gasteiger charge is 2.21. The maximum Gasteiger partial charge on any atom is 0.306 e. The fraction of sp³-hybridized carbons (Fsp3) is 0.462. The largest absolute Gasteiger partial charge is 0.481 e. The molecule has 0 aliphatic heterocycles. The lowest BCUT2D eigenvalue weighted by Gasteiger charge is -2.12. The predicted octanol–water partition coefficient (Wildman–Crippen LogP) is 2.52. The third-order valence-electron chi connectivity index (χ3n) is 2.94. The second-order valence-electron chi connectivity index (χ2n) is 4.39. The number of carbonyl (C=O) groups is 1. The fourth-order valence-electron chi connectivity index (χ4n) is 1.73. The van der Waals surface area contributed by atoms with E-state index >= 15 is 0 Å². The third kappa shape index (κ3) is 5.74. The smallest absolute Gasteiger partial charge is 0.306 e. The molecule has 19 heavy (non-hydrogen) atoms. The summed E-state index contributed by atoms with van der Waals surface area (Å²) in [6, 6.07) is 7.39. The average Bonchev–Trinajstić information content (AvgIpc) is 2.34. The Morgan fingerprint density at radius 2 is 2.11 bits per heavy atom. The molecule has 0 spiro atoms. The highest BCUT2D eigenvalue weighted by atomic mass is 79.9. The monoisotopic (exact) mass is 348 g/mol. The SMILES string of the molecule is CCS(=O)(=O)CCC(Cc1cccc(Br)c1)C(=O)O. The number of hydrogen-bond acceptors (Lipinski definition) is 3. The molecule has 1 aromatic carbocycles. The molecule has 0 heterocycles. The number of rotatable bonds is 7. The van der Waals surface area contributed by atoms with Crippen LogP contribution in [0.15, 0.2) is 28.7 Å². The van der Waals surface area contributed by atoms with Crippen LogP contribution in [0, 0.1) is 5.92 Å². The van der Waals surface area contributed by atoms with Crippen molar-refractivity contribution in [3.8, 4) is 0 Å². The van der Waals surface area contributed by atoms with Crippen LogP contribution in [-0.2, 0) is 21.1 Å². The highest BCUT2D eigenvalue weighted by molar-refractivity contribution is 9.10. The zero-order valence-electron chi connectivity index (χ0n) is 10.7.